The number of aliphatic hydroxyl groups excluding tert-OH is 1. The van der Waals surface area contributed by atoms with Crippen molar-refractivity contribution in [2.24, 2.45) is 0 Å². The van der Waals surface area contributed by atoms with E-state index in [4.69, 9.17) is 0 Å². The van der Waals surface area contributed by atoms with Gasteiger partial charge in [-0.25, -0.2) is 4.98 Å². The van der Waals surface area contributed by atoms with Gasteiger partial charge in [0.2, 0.25) is 5.82 Å². The fraction of sp³-hybridized carbons (Fsp3) is 0.455. The first-order valence-electron chi connectivity index (χ1n) is 5.80. The summed E-state index contributed by atoms with van der Waals surface area (Å²) in [4.78, 5) is 4.32. The molecule has 0 aliphatic heterocycles. The van der Waals surface area contributed by atoms with E-state index in [1.807, 2.05) is 6.07 Å². The number of hydrogen-bond donors (Lipinski definition) is 2. The molecule has 19 heavy (non-hydrogen) atoms. The molecule has 0 aliphatic rings. The van der Waals surface area contributed by atoms with Crippen LogP contribution in [0.25, 0.3) is 11.5 Å². The smallest absolute Gasteiger partial charge is 1.00 e. The number of unbranched alkanes of at least 4 members (excludes halogenated alkanes) is 1. The Morgan fingerprint density at radius 1 is 1.47 bits per heavy atom. The van der Waals surface area contributed by atoms with Gasteiger partial charge in [-0.2, -0.15) is 5.21 Å². The van der Waals surface area contributed by atoms with Gasteiger partial charge in [-0.15, -0.1) is 10.2 Å². The summed E-state index contributed by atoms with van der Waals surface area (Å²) in [5, 5.41) is 23.9. The van der Waals surface area contributed by atoms with Crippen molar-refractivity contribution < 1.29 is 25.4 Å². The molecule has 2 aromatic rings. The third kappa shape index (κ3) is 4.11. The Morgan fingerprint density at radius 2 is 2.26 bits per heavy atom. The molecular formula is C11H15BrLiN5O. The van der Waals surface area contributed by atoms with Crippen molar-refractivity contribution in [2.75, 3.05) is 0 Å². The van der Waals surface area contributed by atoms with Crippen LogP contribution in [0.4, 0.5) is 0 Å². The van der Waals surface area contributed by atoms with E-state index in [0.717, 1.165) is 18.4 Å². The van der Waals surface area contributed by atoms with Gasteiger partial charge in [0.1, 0.15) is 10.3 Å². The van der Waals surface area contributed by atoms with E-state index in [1.54, 1.807) is 6.07 Å². The van der Waals surface area contributed by atoms with Crippen molar-refractivity contribution in [3.63, 3.8) is 0 Å². The first-order valence-corrected chi connectivity index (χ1v) is 6.60. The molecule has 0 aliphatic carbocycles. The van der Waals surface area contributed by atoms with E-state index in [0.29, 0.717) is 22.5 Å². The molecule has 6 nitrogen and oxygen atoms in total. The number of aliphatic hydroxyl groups is 1. The molecular weight excluding hydrogens is 305 g/mol. The van der Waals surface area contributed by atoms with Gasteiger partial charge in [0.15, 0.2) is 0 Å². The molecule has 8 heteroatoms. The molecule has 98 valence electrons. The van der Waals surface area contributed by atoms with Gasteiger partial charge in [0.05, 0.1) is 6.10 Å². The summed E-state index contributed by atoms with van der Waals surface area (Å²) in [6, 6.07) is 3.64. The third-order valence-corrected chi connectivity index (χ3v) is 3.08. The Bertz CT molecular complexity index is 514. The Labute approximate surface area is 133 Å². The van der Waals surface area contributed by atoms with Crippen molar-refractivity contribution in [1.29, 1.82) is 0 Å². The molecule has 2 rings (SSSR count). The Hall–Kier alpha value is -0.743. The van der Waals surface area contributed by atoms with Crippen molar-refractivity contribution in [1.82, 2.24) is 25.6 Å². The molecule has 0 bridgehead atoms. The summed E-state index contributed by atoms with van der Waals surface area (Å²) in [6.45, 7) is 2.09. The van der Waals surface area contributed by atoms with Gasteiger partial charge in [0.25, 0.3) is 0 Å². The Morgan fingerprint density at radius 3 is 2.89 bits per heavy atom. The van der Waals surface area contributed by atoms with Crippen LogP contribution in [0.2, 0.25) is 0 Å². The maximum atomic E-state index is 10.2. The molecule has 1 unspecified atom stereocenters. The second kappa shape index (κ2) is 7.75. The number of H-pyrrole nitrogens is 1. The van der Waals surface area contributed by atoms with Crippen LogP contribution in [0.3, 0.4) is 0 Å². The number of pyridine rings is 1. The minimum Gasteiger partial charge on any atom is -1.00 e. The van der Waals surface area contributed by atoms with Crippen LogP contribution < -0.4 is 18.9 Å². The molecule has 0 saturated heterocycles. The standard InChI is InChI=1S/C11H14BrN5O.Li.H/c1-2-3-4-8(18)7-5-6-9(12)13-10(7)11-14-16-17-15-11;;/h5-6,8,18H,2-4H2,1H3,(H,14,15,16,17);;/q;+1;-1. The molecule has 2 aromatic heterocycles. The Kier molecular flexibility index (Phi) is 6.65. The summed E-state index contributed by atoms with van der Waals surface area (Å²) in [7, 11) is 0. The van der Waals surface area contributed by atoms with Crippen LogP contribution in [0.15, 0.2) is 16.7 Å². The van der Waals surface area contributed by atoms with E-state index in [9.17, 15) is 5.11 Å². The average molecular weight is 320 g/mol. The normalized spacial score (nSPS) is 11.9. The van der Waals surface area contributed by atoms with Gasteiger partial charge >= 0.3 is 18.9 Å². The number of rotatable bonds is 5. The van der Waals surface area contributed by atoms with Gasteiger partial charge in [0, 0.05) is 5.56 Å². The molecule has 0 fully saturated rings. The average Bonchev–Trinajstić information content (AvgIpc) is 2.89. The molecule has 1 atom stereocenters. The SMILES string of the molecule is CCCCC(O)c1ccc(Br)nc1-c1nn[nH]n1.[H-].[Li+]. The zero-order valence-electron chi connectivity index (χ0n) is 12.0. The van der Waals surface area contributed by atoms with Crippen LogP contribution in [0.5, 0.6) is 0 Å². The summed E-state index contributed by atoms with van der Waals surface area (Å²) in [5.74, 6) is 0.391. The van der Waals surface area contributed by atoms with E-state index in [2.05, 4.69) is 48.5 Å². The van der Waals surface area contributed by atoms with Crippen molar-refractivity contribution >= 4 is 15.9 Å². The van der Waals surface area contributed by atoms with Crippen LogP contribution >= 0.6 is 15.9 Å². The van der Waals surface area contributed by atoms with Gasteiger partial charge in [-0.3, -0.25) is 0 Å². The quantitative estimate of drug-likeness (QED) is 0.565. The monoisotopic (exact) mass is 319 g/mol. The summed E-state index contributed by atoms with van der Waals surface area (Å²) >= 11 is 3.30. The van der Waals surface area contributed by atoms with Gasteiger partial charge in [-0.05, 0) is 33.6 Å². The predicted octanol–water partition coefficient (Wildman–Crippen LogP) is -0.636. The van der Waals surface area contributed by atoms with Crippen LogP contribution in [0.1, 0.15) is 39.3 Å². The molecule has 2 heterocycles. The fourth-order valence-corrected chi connectivity index (χ4v) is 2.02. The molecule has 0 radical (unpaired) electrons. The minimum atomic E-state index is -0.556. The zero-order chi connectivity index (χ0) is 13.0. The van der Waals surface area contributed by atoms with Crippen molar-refractivity contribution in [2.45, 2.75) is 32.3 Å². The second-order valence-corrected chi connectivity index (χ2v) is 4.78. The molecule has 0 saturated carbocycles. The van der Waals surface area contributed by atoms with Crippen molar-refractivity contribution in [3.8, 4) is 11.5 Å². The van der Waals surface area contributed by atoms with E-state index in [-0.39, 0.29) is 20.3 Å². The van der Waals surface area contributed by atoms with Crippen LogP contribution in [-0.4, -0.2) is 30.7 Å². The van der Waals surface area contributed by atoms with E-state index < -0.39 is 6.10 Å². The number of halogens is 1. The zero-order valence-corrected chi connectivity index (χ0v) is 12.6. The van der Waals surface area contributed by atoms with Crippen LogP contribution in [-0.2, 0) is 0 Å². The summed E-state index contributed by atoms with van der Waals surface area (Å²) < 4.78 is 0.675. The Balaban J connectivity index is 0.00000180. The number of nitrogens with zero attached hydrogens (tertiary/aromatic N) is 4. The summed E-state index contributed by atoms with van der Waals surface area (Å²) in [6.07, 6.45) is 2.14. The van der Waals surface area contributed by atoms with Gasteiger partial charge in [-0.1, -0.05) is 25.8 Å². The van der Waals surface area contributed by atoms with Crippen LogP contribution in [0, 0.1) is 0 Å². The minimum absolute atomic E-state index is 0. The second-order valence-electron chi connectivity index (χ2n) is 3.97. The number of nitrogens with one attached hydrogen (secondary N) is 1. The first-order chi connectivity index (χ1) is 8.72. The number of aromatic amines is 1. The van der Waals surface area contributed by atoms with Gasteiger partial charge < -0.3 is 6.53 Å². The number of tetrazole rings is 1. The largest absolute Gasteiger partial charge is 1.00 e. The first kappa shape index (κ1) is 16.3. The third-order valence-electron chi connectivity index (χ3n) is 2.64. The van der Waals surface area contributed by atoms with E-state index >= 15 is 0 Å². The maximum Gasteiger partial charge on any atom is 1.00 e. The predicted molar refractivity (Wildman–Crippen MR) is 70.7 cm³/mol. The number of aromatic nitrogens is 5. The topological polar surface area (TPSA) is 87.6 Å². The number of hydrogen-bond acceptors (Lipinski definition) is 5. The van der Waals surface area contributed by atoms with Crippen molar-refractivity contribution in [3.05, 3.63) is 22.3 Å². The molecule has 0 spiro atoms. The van der Waals surface area contributed by atoms with E-state index in [1.165, 1.54) is 0 Å². The molecule has 0 aromatic carbocycles. The fourth-order valence-electron chi connectivity index (χ4n) is 1.71. The summed E-state index contributed by atoms with van der Waals surface area (Å²) in [5.41, 5.74) is 1.29. The molecule has 0 amide bonds. The maximum absolute atomic E-state index is 10.2. The molecule has 2 N–H and O–H groups in total.